The van der Waals surface area contributed by atoms with Crippen molar-refractivity contribution in [2.24, 2.45) is 0 Å². The molecule has 0 radical (unpaired) electrons. The lowest BCUT2D eigenvalue weighted by atomic mass is 10.0. The quantitative estimate of drug-likeness (QED) is 0.392. The number of nitrogens with one attached hydrogen (secondary N) is 1. The molecule has 0 unspecified atom stereocenters. The summed E-state index contributed by atoms with van der Waals surface area (Å²) in [5.74, 6) is 1.38. The van der Waals surface area contributed by atoms with Crippen LogP contribution in [0.2, 0.25) is 0 Å². The van der Waals surface area contributed by atoms with Crippen LogP contribution in [0, 0.1) is 27.7 Å². The summed E-state index contributed by atoms with van der Waals surface area (Å²) in [4.78, 5) is 21.2. The van der Waals surface area contributed by atoms with E-state index in [2.05, 4.69) is 32.6 Å². The molecule has 160 valence electrons. The Morgan fingerprint density at radius 1 is 1.03 bits per heavy atom. The second-order valence-electron chi connectivity index (χ2n) is 7.67. The van der Waals surface area contributed by atoms with Crippen molar-refractivity contribution < 1.29 is 13.7 Å². The van der Waals surface area contributed by atoms with E-state index < -0.39 is 0 Å². The zero-order chi connectivity index (χ0) is 22.0. The minimum atomic E-state index is -0.0778. The van der Waals surface area contributed by atoms with E-state index in [1.54, 1.807) is 0 Å². The average Bonchev–Trinajstić information content (AvgIpc) is 3.33. The van der Waals surface area contributed by atoms with Gasteiger partial charge in [-0.3, -0.25) is 4.79 Å². The molecule has 1 amide bonds. The fourth-order valence-corrected chi connectivity index (χ4v) is 4.14. The Labute approximate surface area is 184 Å². The lowest BCUT2D eigenvalue weighted by Crippen LogP contribution is -2.14. The maximum Gasteiger partial charge on any atom is 0.257 e. The molecule has 31 heavy (non-hydrogen) atoms. The second kappa shape index (κ2) is 8.93. The molecular formula is C23H24N4O3S. The summed E-state index contributed by atoms with van der Waals surface area (Å²) >= 11 is 1.41. The Morgan fingerprint density at radius 2 is 1.81 bits per heavy atom. The van der Waals surface area contributed by atoms with Crippen LogP contribution in [0.5, 0.6) is 0 Å². The van der Waals surface area contributed by atoms with Gasteiger partial charge in [-0.05, 0) is 56.5 Å². The Balaban J connectivity index is 1.30. The fraction of sp³-hybridized carbons (Fsp3) is 0.304. The van der Waals surface area contributed by atoms with E-state index in [0.717, 1.165) is 33.5 Å². The van der Waals surface area contributed by atoms with Gasteiger partial charge in [-0.25, -0.2) is 4.98 Å². The summed E-state index contributed by atoms with van der Waals surface area (Å²) < 4.78 is 11.0. The molecule has 4 rings (SSSR count). The van der Waals surface area contributed by atoms with Crippen molar-refractivity contribution in [3.05, 3.63) is 64.3 Å². The van der Waals surface area contributed by atoms with Crippen molar-refractivity contribution in [3.8, 4) is 0 Å². The van der Waals surface area contributed by atoms with Crippen LogP contribution >= 0.6 is 11.8 Å². The average molecular weight is 437 g/mol. The molecule has 0 aliphatic carbocycles. The highest BCUT2D eigenvalue weighted by Gasteiger charge is 2.13. The molecular weight excluding hydrogens is 412 g/mol. The lowest BCUT2D eigenvalue weighted by Gasteiger charge is -2.12. The molecule has 2 heterocycles. The first-order chi connectivity index (χ1) is 14.9. The molecule has 0 spiro atoms. The molecule has 0 aliphatic heterocycles. The third-order valence-corrected chi connectivity index (χ3v) is 5.69. The van der Waals surface area contributed by atoms with Gasteiger partial charge < -0.3 is 14.3 Å². The maximum atomic E-state index is 12.4. The van der Waals surface area contributed by atoms with Crippen molar-refractivity contribution in [2.75, 3.05) is 5.32 Å². The summed E-state index contributed by atoms with van der Waals surface area (Å²) in [7, 11) is 0. The molecule has 1 N–H and O–H groups in total. The Morgan fingerprint density at radius 3 is 2.58 bits per heavy atom. The molecule has 2 aromatic carbocycles. The van der Waals surface area contributed by atoms with Gasteiger partial charge in [0.1, 0.15) is 5.52 Å². The molecule has 0 aliphatic rings. The van der Waals surface area contributed by atoms with E-state index in [4.69, 9.17) is 8.94 Å². The normalized spacial score (nSPS) is 11.2. The van der Waals surface area contributed by atoms with Gasteiger partial charge in [-0.2, -0.15) is 4.98 Å². The van der Waals surface area contributed by atoms with E-state index in [9.17, 15) is 4.79 Å². The number of hydrogen-bond donors (Lipinski definition) is 1. The van der Waals surface area contributed by atoms with Crippen molar-refractivity contribution in [1.82, 2.24) is 15.1 Å². The summed E-state index contributed by atoms with van der Waals surface area (Å²) in [5, 5.41) is 7.55. The highest BCUT2D eigenvalue weighted by Crippen LogP contribution is 2.26. The predicted molar refractivity (Wildman–Crippen MR) is 120 cm³/mol. The van der Waals surface area contributed by atoms with E-state index in [1.807, 2.05) is 45.9 Å². The van der Waals surface area contributed by atoms with Crippen LogP contribution in [0.25, 0.3) is 11.1 Å². The summed E-state index contributed by atoms with van der Waals surface area (Å²) in [6, 6.07) is 10.0. The number of carbonyl (C=O) groups is 1. The highest BCUT2D eigenvalue weighted by atomic mass is 32.2. The van der Waals surface area contributed by atoms with Crippen LogP contribution in [-0.2, 0) is 17.0 Å². The molecule has 0 bridgehead atoms. The molecule has 2 aromatic heterocycles. The monoisotopic (exact) mass is 436 g/mol. The van der Waals surface area contributed by atoms with Crippen LogP contribution < -0.4 is 5.32 Å². The molecule has 7 nitrogen and oxygen atoms in total. The molecule has 0 saturated heterocycles. The Bertz CT molecular complexity index is 1220. The first-order valence-electron chi connectivity index (χ1n) is 10.1. The number of fused-ring (bicyclic) bond motifs is 1. The van der Waals surface area contributed by atoms with E-state index in [-0.39, 0.29) is 12.3 Å². The molecule has 0 atom stereocenters. The maximum absolute atomic E-state index is 12.4. The smallest absolute Gasteiger partial charge is 0.257 e. The lowest BCUT2D eigenvalue weighted by molar-refractivity contribution is -0.116. The number of anilines is 1. The Kier molecular flexibility index (Phi) is 6.08. The topological polar surface area (TPSA) is 94.1 Å². The van der Waals surface area contributed by atoms with Crippen LogP contribution in [-0.4, -0.2) is 21.0 Å². The number of hydrogen-bond acceptors (Lipinski definition) is 7. The number of aryl methyl sites for hydroxylation is 5. The van der Waals surface area contributed by atoms with Crippen LogP contribution in [0.3, 0.4) is 0 Å². The zero-order valence-electron chi connectivity index (χ0n) is 18.0. The van der Waals surface area contributed by atoms with Crippen molar-refractivity contribution >= 4 is 34.5 Å². The van der Waals surface area contributed by atoms with Crippen LogP contribution in [0.4, 0.5) is 5.69 Å². The predicted octanol–water partition coefficient (Wildman–Crippen LogP) is 5.31. The number of thioether (sulfide) groups is 1. The number of aromatic nitrogens is 3. The van der Waals surface area contributed by atoms with Crippen LogP contribution in [0.1, 0.15) is 40.4 Å². The second-order valence-corrected chi connectivity index (χ2v) is 8.59. The van der Waals surface area contributed by atoms with Gasteiger partial charge in [0.25, 0.3) is 5.22 Å². The third kappa shape index (κ3) is 5.14. The van der Waals surface area contributed by atoms with E-state index >= 15 is 0 Å². The minimum absolute atomic E-state index is 0.0778. The third-order valence-electron chi connectivity index (χ3n) is 4.87. The van der Waals surface area contributed by atoms with Crippen LogP contribution in [0.15, 0.2) is 44.5 Å². The van der Waals surface area contributed by atoms with Crippen molar-refractivity contribution in [1.29, 1.82) is 0 Å². The van der Waals surface area contributed by atoms with Gasteiger partial charge in [0.2, 0.25) is 11.8 Å². The standard InChI is InChI=1S/C23H24N4O3S/c1-13-5-6-18-17(11-13)24-23(29-18)31-12-19-25-21(30-27-19)8-7-20(28)26-22-15(3)9-14(2)10-16(22)4/h5-6,9-11H,7-8,12H2,1-4H3,(H,26,28). The first kappa shape index (κ1) is 21.1. The van der Waals surface area contributed by atoms with E-state index in [0.29, 0.717) is 29.1 Å². The molecule has 0 saturated carbocycles. The van der Waals surface area contributed by atoms with E-state index in [1.165, 1.54) is 17.3 Å². The summed E-state index contributed by atoms with van der Waals surface area (Å²) in [6.45, 7) is 8.05. The van der Waals surface area contributed by atoms with Crippen molar-refractivity contribution in [3.63, 3.8) is 0 Å². The number of rotatable bonds is 7. The molecule has 0 fully saturated rings. The SMILES string of the molecule is Cc1cc(C)c(NC(=O)CCc2nc(CSc3nc4cc(C)ccc4o3)no2)c(C)c1. The Hall–Kier alpha value is -3.13. The summed E-state index contributed by atoms with van der Waals surface area (Å²) in [6.07, 6.45) is 0.654. The van der Waals surface area contributed by atoms with Gasteiger partial charge in [-0.15, -0.1) is 0 Å². The van der Waals surface area contributed by atoms with Gasteiger partial charge in [0, 0.05) is 18.5 Å². The number of carbonyl (C=O) groups excluding carboxylic acids is 1. The minimum Gasteiger partial charge on any atom is -0.431 e. The van der Waals surface area contributed by atoms with Gasteiger partial charge in [-0.1, -0.05) is 40.7 Å². The molecule has 8 heteroatoms. The van der Waals surface area contributed by atoms with Gasteiger partial charge >= 0.3 is 0 Å². The fourth-order valence-electron chi connectivity index (χ4n) is 3.45. The number of benzene rings is 2. The van der Waals surface area contributed by atoms with Gasteiger partial charge in [0.15, 0.2) is 11.4 Å². The van der Waals surface area contributed by atoms with Crippen molar-refractivity contribution in [2.45, 2.75) is 51.5 Å². The highest BCUT2D eigenvalue weighted by molar-refractivity contribution is 7.98. The number of oxazole rings is 1. The number of amides is 1. The zero-order valence-corrected chi connectivity index (χ0v) is 18.8. The summed E-state index contributed by atoms with van der Waals surface area (Å²) in [5.41, 5.74) is 6.88. The molecule has 4 aromatic rings. The van der Waals surface area contributed by atoms with Gasteiger partial charge in [0.05, 0.1) is 5.75 Å². The number of nitrogens with zero attached hydrogens (tertiary/aromatic N) is 3. The first-order valence-corrected chi connectivity index (χ1v) is 11.0. The largest absolute Gasteiger partial charge is 0.431 e.